The smallest absolute Gasteiger partial charge is 0.186 e. The van der Waals surface area contributed by atoms with Crippen LogP contribution in [0.3, 0.4) is 0 Å². The molecule has 1 atom stereocenters. The lowest BCUT2D eigenvalue weighted by molar-refractivity contribution is 0.112. The van der Waals surface area contributed by atoms with E-state index in [1.54, 1.807) is 0 Å². The number of thiazole rings is 1. The molecular formula is C12H20N2OS. The van der Waals surface area contributed by atoms with Gasteiger partial charge in [0.15, 0.2) is 11.4 Å². The molecule has 0 fully saturated rings. The average Bonchev–Trinajstić information content (AvgIpc) is 2.70. The van der Waals surface area contributed by atoms with Gasteiger partial charge in [0.05, 0.1) is 10.6 Å². The summed E-state index contributed by atoms with van der Waals surface area (Å²) < 4.78 is 0. The SMILES string of the molecule is CCC(C)N(C)c1nc(C(C)C)c(C=O)s1. The van der Waals surface area contributed by atoms with Gasteiger partial charge in [0.1, 0.15) is 0 Å². The molecule has 0 amide bonds. The Hall–Kier alpha value is -0.900. The molecule has 1 aromatic rings. The molecule has 16 heavy (non-hydrogen) atoms. The molecule has 0 saturated carbocycles. The van der Waals surface area contributed by atoms with E-state index in [1.165, 1.54) is 11.3 Å². The molecule has 0 radical (unpaired) electrons. The van der Waals surface area contributed by atoms with Crippen molar-refractivity contribution >= 4 is 22.8 Å². The molecule has 1 unspecified atom stereocenters. The molecule has 0 saturated heterocycles. The van der Waals surface area contributed by atoms with Gasteiger partial charge >= 0.3 is 0 Å². The van der Waals surface area contributed by atoms with E-state index in [1.807, 2.05) is 7.05 Å². The lowest BCUT2D eigenvalue weighted by Crippen LogP contribution is -2.27. The molecule has 3 nitrogen and oxygen atoms in total. The minimum absolute atomic E-state index is 0.301. The second-order valence-corrected chi connectivity index (χ2v) is 5.40. The third-order valence-electron chi connectivity index (χ3n) is 2.88. The number of rotatable bonds is 5. The van der Waals surface area contributed by atoms with Crippen LogP contribution in [0.5, 0.6) is 0 Å². The molecule has 1 rings (SSSR count). The first-order valence-corrected chi connectivity index (χ1v) is 6.51. The van der Waals surface area contributed by atoms with Crippen molar-refractivity contribution in [3.63, 3.8) is 0 Å². The molecule has 0 aliphatic rings. The van der Waals surface area contributed by atoms with Gasteiger partial charge < -0.3 is 4.90 Å². The number of aromatic nitrogens is 1. The van der Waals surface area contributed by atoms with Gasteiger partial charge in [-0.05, 0) is 19.3 Å². The van der Waals surface area contributed by atoms with Crippen LogP contribution in [0, 0.1) is 0 Å². The molecule has 0 aliphatic carbocycles. The summed E-state index contributed by atoms with van der Waals surface area (Å²) in [6.45, 7) is 8.44. The zero-order chi connectivity index (χ0) is 12.3. The van der Waals surface area contributed by atoms with E-state index in [0.29, 0.717) is 12.0 Å². The largest absolute Gasteiger partial charge is 0.348 e. The molecular weight excluding hydrogens is 220 g/mol. The number of anilines is 1. The van der Waals surface area contributed by atoms with Crippen molar-refractivity contribution in [3.8, 4) is 0 Å². The van der Waals surface area contributed by atoms with Crippen LogP contribution in [0.25, 0.3) is 0 Å². The molecule has 0 N–H and O–H groups in total. The summed E-state index contributed by atoms with van der Waals surface area (Å²) in [5, 5.41) is 0.945. The third kappa shape index (κ3) is 2.61. The Morgan fingerprint density at radius 3 is 2.44 bits per heavy atom. The maximum atomic E-state index is 11.0. The topological polar surface area (TPSA) is 33.2 Å². The summed E-state index contributed by atoms with van der Waals surface area (Å²) >= 11 is 1.49. The maximum absolute atomic E-state index is 11.0. The predicted molar refractivity (Wildman–Crippen MR) is 69.7 cm³/mol. The highest BCUT2D eigenvalue weighted by molar-refractivity contribution is 7.17. The van der Waals surface area contributed by atoms with Crippen molar-refractivity contribution in [2.45, 2.75) is 46.1 Å². The summed E-state index contributed by atoms with van der Waals surface area (Å²) in [6.07, 6.45) is 1.99. The predicted octanol–water partition coefficient (Wildman–Crippen LogP) is 3.31. The van der Waals surface area contributed by atoms with E-state index in [9.17, 15) is 4.79 Å². The molecule has 1 aromatic heterocycles. The van der Waals surface area contributed by atoms with Crippen LogP contribution in [0.15, 0.2) is 0 Å². The minimum Gasteiger partial charge on any atom is -0.348 e. The van der Waals surface area contributed by atoms with E-state index < -0.39 is 0 Å². The molecule has 1 heterocycles. The first kappa shape index (κ1) is 13.2. The highest BCUT2D eigenvalue weighted by Gasteiger charge is 2.18. The second-order valence-electron chi connectivity index (χ2n) is 4.39. The Bertz CT molecular complexity index is 360. The summed E-state index contributed by atoms with van der Waals surface area (Å²) in [4.78, 5) is 18.4. The van der Waals surface area contributed by atoms with Gasteiger partial charge in [-0.15, -0.1) is 0 Å². The number of hydrogen-bond acceptors (Lipinski definition) is 4. The summed E-state index contributed by atoms with van der Waals surface area (Å²) in [5.41, 5.74) is 0.921. The van der Waals surface area contributed by atoms with Gasteiger partial charge in [-0.2, -0.15) is 0 Å². The normalized spacial score (nSPS) is 12.9. The molecule has 0 bridgehead atoms. The average molecular weight is 240 g/mol. The van der Waals surface area contributed by atoms with Gasteiger partial charge in [0.2, 0.25) is 0 Å². The minimum atomic E-state index is 0.301. The number of nitrogens with zero attached hydrogens (tertiary/aromatic N) is 2. The second kappa shape index (κ2) is 5.43. The Labute approximate surface area is 101 Å². The highest BCUT2D eigenvalue weighted by atomic mass is 32.1. The van der Waals surface area contributed by atoms with Crippen molar-refractivity contribution in [1.29, 1.82) is 0 Å². The van der Waals surface area contributed by atoms with E-state index >= 15 is 0 Å². The Morgan fingerprint density at radius 2 is 2.06 bits per heavy atom. The molecule has 0 aliphatic heterocycles. The first-order chi connectivity index (χ1) is 7.51. The quantitative estimate of drug-likeness (QED) is 0.740. The van der Waals surface area contributed by atoms with Crippen LogP contribution in [0.2, 0.25) is 0 Å². The van der Waals surface area contributed by atoms with Crippen molar-refractivity contribution < 1.29 is 4.79 Å². The summed E-state index contributed by atoms with van der Waals surface area (Å²) in [6, 6.07) is 0.450. The van der Waals surface area contributed by atoms with Crippen LogP contribution in [-0.4, -0.2) is 24.4 Å². The maximum Gasteiger partial charge on any atom is 0.186 e. The molecule has 0 spiro atoms. The van der Waals surface area contributed by atoms with Gasteiger partial charge in [-0.3, -0.25) is 4.79 Å². The number of carbonyl (C=O) groups excluding carboxylic acids is 1. The zero-order valence-corrected chi connectivity index (χ0v) is 11.5. The lowest BCUT2D eigenvalue weighted by atomic mass is 10.1. The fourth-order valence-electron chi connectivity index (χ4n) is 1.44. The van der Waals surface area contributed by atoms with Crippen LogP contribution < -0.4 is 4.90 Å². The number of aldehydes is 1. The Kier molecular flexibility index (Phi) is 4.47. The Balaban J connectivity index is 3.03. The monoisotopic (exact) mass is 240 g/mol. The summed E-state index contributed by atoms with van der Waals surface area (Å²) in [5.74, 6) is 0.301. The highest BCUT2D eigenvalue weighted by Crippen LogP contribution is 2.30. The zero-order valence-electron chi connectivity index (χ0n) is 10.7. The standard InChI is InChI=1S/C12H20N2OS/c1-6-9(4)14(5)12-13-11(8(2)3)10(7-15)16-12/h7-9H,6H2,1-5H3. The lowest BCUT2D eigenvalue weighted by Gasteiger charge is -2.22. The molecule has 0 aromatic carbocycles. The summed E-state index contributed by atoms with van der Waals surface area (Å²) in [7, 11) is 2.03. The van der Waals surface area contributed by atoms with E-state index in [4.69, 9.17) is 0 Å². The van der Waals surface area contributed by atoms with E-state index in [0.717, 1.165) is 28.4 Å². The van der Waals surface area contributed by atoms with E-state index in [-0.39, 0.29) is 0 Å². The van der Waals surface area contributed by atoms with Crippen molar-refractivity contribution in [1.82, 2.24) is 4.98 Å². The van der Waals surface area contributed by atoms with Crippen LogP contribution in [0.1, 0.15) is 55.4 Å². The van der Waals surface area contributed by atoms with Gasteiger partial charge in [0.25, 0.3) is 0 Å². The van der Waals surface area contributed by atoms with Gasteiger partial charge in [-0.1, -0.05) is 32.1 Å². The van der Waals surface area contributed by atoms with Crippen LogP contribution >= 0.6 is 11.3 Å². The first-order valence-electron chi connectivity index (χ1n) is 5.69. The number of carbonyl (C=O) groups is 1. The fraction of sp³-hybridized carbons (Fsp3) is 0.667. The van der Waals surface area contributed by atoms with E-state index in [2.05, 4.69) is 37.6 Å². The van der Waals surface area contributed by atoms with Crippen LogP contribution in [-0.2, 0) is 0 Å². The van der Waals surface area contributed by atoms with Gasteiger partial charge in [-0.25, -0.2) is 4.98 Å². The third-order valence-corrected chi connectivity index (χ3v) is 3.96. The fourth-order valence-corrected chi connectivity index (χ4v) is 2.54. The number of hydrogen-bond donors (Lipinski definition) is 0. The van der Waals surface area contributed by atoms with Crippen molar-refractivity contribution in [2.75, 3.05) is 11.9 Å². The van der Waals surface area contributed by atoms with Crippen molar-refractivity contribution in [2.24, 2.45) is 0 Å². The van der Waals surface area contributed by atoms with Crippen LogP contribution in [0.4, 0.5) is 5.13 Å². The van der Waals surface area contributed by atoms with Crippen molar-refractivity contribution in [3.05, 3.63) is 10.6 Å². The molecule has 4 heteroatoms. The molecule has 90 valence electrons. The Morgan fingerprint density at radius 1 is 1.44 bits per heavy atom. The van der Waals surface area contributed by atoms with Gasteiger partial charge in [0, 0.05) is 13.1 Å².